The van der Waals surface area contributed by atoms with E-state index in [0.717, 1.165) is 5.56 Å². The number of aromatic nitrogens is 3. The van der Waals surface area contributed by atoms with Gasteiger partial charge in [-0.05, 0) is 30.2 Å². The van der Waals surface area contributed by atoms with Crippen LogP contribution in [-0.4, -0.2) is 48.0 Å². The van der Waals surface area contributed by atoms with E-state index < -0.39 is 21.8 Å². The maximum atomic E-state index is 12.8. The van der Waals surface area contributed by atoms with Crippen LogP contribution in [0.25, 0.3) is 5.69 Å². The van der Waals surface area contributed by atoms with Gasteiger partial charge in [-0.2, -0.15) is 0 Å². The average Bonchev–Trinajstić information content (AvgIpc) is 3.09. The van der Waals surface area contributed by atoms with Gasteiger partial charge in [0.25, 0.3) is 5.69 Å². The number of aliphatic hydroxyl groups is 1. The molecule has 2 aromatic carbocycles. The molecule has 10 nitrogen and oxygen atoms in total. The normalized spacial score (nSPS) is 13.0. The third-order valence-corrected chi connectivity index (χ3v) is 5.47. The molecule has 0 aliphatic carbocycles. The number of rotatable bonds is 8. The first-order valence-electron chi connectivity index (χ1n) is 8.54. The first-order chi connectivity index (χ1) is 13.9. The van der Waals surface area contributed by atoms with Gasteiger partial charge < -0.3 is 15.6 Å². The maximum absolute atomic E-state index is 12.8. The Balaban J connectivity index is 1.80. The zero-order valence-electron chi connectivity index (χ0n) is 15.5. The van der Waals surface area contributed by atoms with Gasteiger partial charge in [0.1, 0.15) is 5.75 Å². The summed E-state index contributed by atoms with van der Waals surface area (Å²) in [5.41, 5.74) is 6.82. The highest BCUT2D eigenvalue weighted by Gasteiger charge is 2.21. The van der Waals surface area contributed by atoms with E-state index in [4.69, 9.17) is 10.5 Å². The highest BCUT2D eigenvalue weighted by molar-refractivity contribution is 7.84. The van der Waals surface area contributed by atoms with Gasteiger partial charge in [-0.3, -0.25) is 18.9 Å². The van der Waals surface area contributed by atoms with Crippen molar-refractivity contribution < 1.29 is 19.0 Å². The van der Waals surface area contributed by atoms with Crippen molar-refractivity contribution in [3.63, 3.8) is 0 Å². The highest BCUT2D eigenvalue weighted by atomic mass is 32.2. The molecule has 0 amide bonds. The van der Waals surface area contributed by atoms with E-state index in [1.807, 2.05) is 6.07 Å². The van der Waals surface area contributed by atoms with E-state index in [0.29, 0.717) is 11.4 Å². The zero-order chi connectivity index (χ0) is 21.0. The van der Waals surface area contributed by atoms with Gasteiger partial charge in [0.15, 0.2) is 0 Å². The summed E-state index contributed by atoms with van der Waals surface area (Å²) in [6.07, 6.45) is -0.650. The summed E-state index contributed by atoms with van der Waals surface area (Å²) in [6, 6.07) is 12.9. The van der Waals surface area contributed by atoms with E-state index in [1.165, 1.54) is 22.8 Å². The Kier molecular flexibility index (Phi) is 6.20. The van der Waals surface area contributed by atoms with Crippen LogP contribution >= 0.6 is 0 Å². The summed E-state index contributed by atoms with van der Waals surface area (Å²) in [6.45, 7) is 0. The molecular weight excluding hydrogens is 398 g/mol. The van der Waals surface area contributed by atoms with Crippen molar-refractivity contribution in [1.82, 2.24) is 14.8 Å². The minimum Gasteiger partial charge on any atom is -0.497 e. The van der Waals surface area contributed by atoms with Gasteiger partial charge in [-0.25, -0.2) is 0 Å². The zero-order valence-corrected chi connectivity index (χ0v) is 16.3. The second kappa shape index (κ2) is 8.80. The highest BCUT2D eigenvalue weighted by Crippen LogP contribution is 2.22. The van der Waals surface area contributed by atoms with Crippen LogP contribution in [0.1, 0.15) is 5.56 Å². The van der Waals surface area contributed by atoms with Crippen LogP contribution in [0.2, 0.25) is 0 Å². The van der Waals surface area contributed by atoms with Crippen LogP contribution in [0.4, 0.5) is 11.6 Å². The summed E-state index contributed by atoms with van der Waals surface area (Å²) in [5, 5.41) is 29.0. The fourth-order valence-corrected chi connectivity index (χ4v) is 3.95. The summed E-state index contributed by atoms with van der Waals surface area (Å²) < 4.78 is 19.2. The summed E-state index contributed by atoms with van der Waals surface area (Å²) in [7, 11) is -0.193. The van der Waals surface area contributed by atoms with Gasteiger partial charge in [-0.15, -0.1) is 10.2 Å². The smallest absolute Gasteiger partial charge is 0.271 e. The Morgan fingerprint density at radius 2 is 2.03 bits per heavy atom. The Hall–Kier alpha value is -3.31. The van der Waals surface area contributed by atoms with Crippen LogP contribution in [-0.2, 0) is 17.2 Å². The second-order valence-electron chi connectivity index (χ2n) is 6.17. The third kappa shape index (κ3) is 4.76. The Morgan fingerprint density at radius 1 is 1.28 bits per heavy atom. The summed E-state index contributed by atoms with van der Waals surface area (Å²) in [4.78, 5) is 10.5. The van der Waals surface area contributed by atoms with Crippen molar-refractivity contribution in [3.8, 4) is 11.4 Å². The van der Waals surface area contributed by atoms with Crippen LogP contribution in [0.3, 0.4) is 0 Å². The lowest BCUT2D eigenvalue weighted by atomic mass is 10.1. The number of non-ortho nitro benzene ring substituents is 1. The molecule has 0 radical (unpaired) electrons. The predicted molar refractivity (Wildman–Crippen MR) is 106 cm³/mol. The predicted octanol–water partition coefficient (Wildman–Crippen LogP) is 1.48. The fraction of sp³-hybridized carbons (Fsp3) is 0.222. The monoisotopic (exact) mass is 417 g/mol. The van der Waals surface area contributed by atoms with Crippen molar-refractivity contribution in [2.24, 2.45) is 0 Å². The van der Waals surface area contributed by atoms with E-state index in [1.54, 1.807) is 31.4 Å². The number of nitro benzene ring substituents is 1. The lowest BCUT2D eigenvalue weighted by Gasteiger charge is -2.12. The molecule has 0 spiro atoms. The number of ether oxygens (including phenoxy) is 1. The van der Waals surface area contributed by atoms with Crippen LogP contribution in [0.5, 0.6) is 5.75 Å². The molecule has 0 fully saturated rings. The molecule has 0 aliphatic heterocycles. The quantitative estimate of drug-likeness (QED) is 0.414. The Bertz CT molecular complexity index is 1050. The number of benzene rings is 2. The molecule has 1 unspecified atom stereocenters. The molecular formula is C18H19N5O5S. The molecule has 29 heavy (non-hydrogen) atoms. The minimum absolute atomic E-state index is 0.00712. The van der Waals surface area contributed by atoms with E-state index in [-0.39, 0.29) is 29.0 Å². The average molecular weight is 417 g/mol. The number of nitrogen functional groups attached to an aromatic ring is 1. The van der Waals surface area contributed by atoms with Crippen molar-refractivity contribution in [3.05, 3.63) is 64.2 Å². The van der Waals surface area contributed by atoms with E-state index in [2.05, 4.69) is 10.2 Å². The van der Waals surface area contributed by atoms with Crippen molar-refractivity contribution in [2.75, 3.05) is 18.6 Å². The molecule has 1 heterocycles. The number of nitrogens with zero attached hydrogens (tertiary/aromatic N) is 4. The van der Waals surface area contributed by atoms with Gasteiger partial charge in [0.05, 0.1) is 40.4 Å². The molecule has 0 bridgehead atoms. The number of hydrogen-bond acceptors (Lipinski definition) is 8. The van der Waals surface area contributed by atoms with Crippen molar-refractivity contribution in [1.29, 1.82) is 0 Å². The van der Waals surface area contributed by atoms with E-state index in [9.17, 15) is 19.4 Å². The largest absolute Gasteiger partial charge is 0.497 e. The van der Waals surface area contributed by atoms with Gasteiger partial charge >= 0.3 is 0 Å². The van der Waals surface area contributed by atoms with E-state index >= 15 is 0 Å². The SMILES string of the molecule is COc1cccc(C[C@H](O)CS(=O)c2nnc(N)n2-c2cccc([N+](=O)[O-])c2)c1. The fourth-order valence-electron chi connectivity index (χ4n) is 2.80. The molecule has 3 aromatic rings. The molecule has 152 valence electrons. The topological polar surface area (TPSA) is 146 Å². The number of nitro groups is 1. The van der Waals surface area contributed by atoms with Crippen LogP contribution in [0.15, 0.2) is 53.7 Å². The second-order valence-corrected chi connectivity index (χ2v) is 7.56. The number of anilines is 1. The molecule has 1 aromatic heterocycles. The first kappa shape index (κ1) is 20.4. The number of methoxy groups -OCH3 is 1. The van der Waals surface area contributed by atoms with Gasteiger partial charge in [0.2, 0.25) is 11.1 Å². The van der Waals surface area contributed by atoms with Crippen LogP contribution < -0.4 is 10.5 Å². The van der Waals surface area contributed by atoms with Gasteiger partial charge in [0, 0.05) is 12.1 Å². The lowest BCUT2D eigenvalue weighted by Crippen LogP contribution is -2.21. The van der Waals surface area contributed by atoms with Gasteiger partial charge in [-0.1, -0.05) is 18.2 Å². The standard InChI is InChI=1S/C18H19N5O5S/c1-28-16-7-2-4-12(9-16)8-15(24)11-29(27)18-21-20-17(19)22(18)13-5-3-6-14(10-13)23(25)26/h2-7,9-10,15,24H,8,11H2,1H3,(H2,19,20)/t15-,29?/m0/s1. The third-order valence-electron chi connectivity index (χ3n) is 4.11. The molecule has 0 saturated heterocycles. The molecule has 0 aliphatic rings. The Morgan fingerprint density at radius 3 is 2.76 bits per heavy atom. The van der Waals surface area contributed by atoms with Crippen molar-refractivity contribution in [2.45, 2.75) is 17.7 Å². The van der Waals surface area contributed by atoms with Crippen molar-refractivity contribution >= 4 is 22.4 Å². The molecule has 3 rings (SSSR count). The maximum Gasteiger partial charge on any atom is 0.271 e. The summed E-state index contributed by atoms with van der Waals surface area (Å²) in [5.74, 6) is 0.495. The molecule has 11 heteroatoms. The molecule has 3 N–H and O–H groups in total. The minimum atomic E-state index is -1.74. The Labute approximate surface area is 168 Å². The summed E-state index contributed by atoms with van der Waals surface area (Å²) >= 11 is 0. The molecule has 2 atom stereocenters. The van der Waals surface area contributed by atoms with Crippen LogP contribution in [0, 0.1) is 10.1 Å². The number of nitrogens with two attached hydrogens (primary N) is 1. The molecule has 0 saturated carbocycles. The number of hydrogen-bond donors (Lipinski definition) is 2. The lowest BCUT2D eigenvalue weighted by molar-refractivity contribution is -0.384. The first-order valence-corrected chi connectivity index (χ1v) is 9.86. The number of aliphatic hydroxyl groups excluding tert-OH is 1.